The van der Waals surface area contributed by atoms with Crippen molar-refractivity contribution in [2.24, 2.45) is 11.8 Å². The van der Waals surface area contributed by atoms with Gasteiger partial charge < -0.3 is 24.8 Å². The number of rotatable bonds is 1. The summed E-state index contributed by atoms with van der Waals surface area (Å²) in [5.74, 6) is 1.11. The van der Waals surface area contributed by atoms with Crippen molar-refractivity contribution in [2.45, 2.75) is 34.6 Å². The first-order valence-corrected chi connectivity index (χ1v) is 9.28. The maximum absolute atomic E-state index is 3.22. The Hall–Kier alpha value is -0.487. The molecule has 0 spiro atoms. The van der Waals surface area contributed by atoms with E-state index in [1.165, 1.54) is 44.2 Å². The van der Waals surface area contributed by atoms with Crippen molar-refractivity contribution in [2.75, 3.05) is 0 Å². The van der Waals surface area contributed by atoms with Gasteiger partial charge in [-0.1, -0.05) is 39.5 Å². The quantitative estimate of drug-likeness (QED) is 0.512. The van der Waals surface area contributed by atoms with Gasteiger partial charge in [0.15, 0.2) is 0 Å². The van der Waals surface area contributed by atoms with Gasteiger partial charge in [0.1, 0.15) is 0 Å². The van der Waals surface area contributed by atoms with Gasteiger partial charge in [0, 0.05) is 0 Å². The fourth-order valence-corrected chi connectivity index (χ4v) is 2.59. The molecule has 0 aliphatic heterocycles. The van der Waals surface area contributed by atoms with Gasteiger partial charge in [-0.05, 0) is 0 Å². The Bertz CT molecular complexity index is 593. The fraction of sp³-hybridized carbons (Fsp3) is 0.318. The molecule has 3 rings (SSSR count). The predicted octanol–water partition coefficient (Wildman–Crippen LogP) is -0.335. The van der Waals surface area contributed by atoms with E-state index < -0.39 is 0 Å². The van der Waals surface area contributed by atoms with Crippen molar-refractivity contribution in [3.8, 4) is 0 Å². The van der Waals surface area contributed by atoms with E-state index in [0.717, 1.165) is 0 Å². The third-order valence-corrected chi connectivity index (χ3v) is 4.10. The van der Waals surface area contributed by atoms with Crippen LogP contribution in [0.2, 0.25) is 0 Å². The van der Waals surface area contributed by atoms with Crippen LogP contribution in [0.25, 0.3) is 0 Å². The Labute approximate surface area is 181 Å². The summed E-state index contributed by atoms with van der Waals surface area (Å²) in [5, 5.41) is 0. The summed E-state index contributed by atoms with van der Waals surface area (Å²) < 4.78 is 1.46. The van der Waals surface area contributed by atoms with E-state index in [1.54, 1.807) is 0 Å². The molecule has 0 aromatic heterocycles. The molecular formula is C22H26Cl2Zr-2. The van der Waals surface area contributed by atoms with Crippen molar-refractivity contribution < 1.29 is 49.0 Å². The molecule has 0 saturated heterocycles. The van der Waals surface area contributed by atoms with Gasteiger partial charge in [-0.15, -0.1) is 0 Å². The van der Waals surface area contributed by atoms with E-state index in [0.29, 0.717) is 11.8 Å². The third-order valence-electron chi connectivity index (χ3n) is 3.39. The van der Waals surface area contributed by atoms with Crippen LogP contribution in [0, 0.1) is 24.0 Å². The molecule has 1 aromatic rings. The molecule has 0 fully saturated rings. The molecule has 0 saturated carbocycles. The molecular weight excluding hydrogens is 426 g/mol. The second-order valence-corrected chi connectivity index (χ2v) is 7.78. The van der Waals surface area contributed by atoms with Gasteiger partial charge >= 0.3 is 70.3 Å². The van der Waals surface area contributed by atoms with Crippen LogP contribution in [-0.4, -0.2) is 3.21 Å². The SMILES string of the molecule is CC1=[C-]C(C)C=C1.CC1=[C-]C(C)C=C1.C[C](=[Zr+2])c1ccccc1.[Cl-].[Cl-]. The zero-order valence-corrected chi connectivity index (χ0v) is 19.6. The predicted molar refractivity (Wildman–Crippen MR) is 97.7 cm³/mol. The van der Waals surface area contributed by atoms with E-state index >= 15 is 0 Å². The van der Waals surface area contributed by atoms with Crippen LogP contribution < -0.4 is 24.8 Å². The number of hydrogen-bond acceptors (Lipinski definition) is 0. The number of halogens is 2. The first-order valence-electron chi connectivity index (χ1n) is 8.05. The van der Waals surface area contributed by atoms with Crippen LogP contribution in [0.5, 0.6) is 0 Å². The summed E-state index contributed by atoms with van der Waals surface area (Å²) in [6.45, 7) is 10.6. The van der Waals surface area contributed by atoms with E-state index in [4.69, 9.17) is 0 Å². The Kier molecular flexibility index (Phi) is 15.7. The maximum Gasteiger partial charge on any atom is -1.00 e. The van der Waals surface area contributed by atoms with Crippen molar-refractivity contribution in [1.82, 2.24) is 0 Å². The Morgan fingerprint density at radius 2 is 1.24 bits per heavy atom. The molecule has 0 N–H and O–H groups in total. The molecule has 2 aliphatic rings. The number of allylic oxidation sites excluding steroid dienone is 8. The third kappa shape index (κ3) is 12.5. The Morgan fingerprint density at radius 3 is 1.40 bits per heavy atom. The average molecular weight is 453 g/mol. The van der Waals surface area contributed by atoms with Crippen LogP contribution in [0.3, 0.4) is 0 Å². The standard InChI is InChI=1S/C8H8.2C7H9.2ClH.Zr/c1-2-8-6-4-3-5-7-8;2*1-6-3-4-7(2)5-6;;;/h3-7H,1H3;2*3-4,6H,1-2H3;2*1H;/q;2*-1;;;+2/p-2. The first kappa shape index (κ1) is 26.7. The van der Waals surface area contributed by atoms with Gasteiger partial charge in [-0.2, -0.15) is 12.2 Å². The van der Waals surface area contributed by atoms with Gasteiger partial charge in [0.05, 0.1) is 0 Å². The monoisotopic (exact) mass is 450 g/mol. The topological polar surface area (TPSA) is 0 Å². The summed E-state index contributed by atoms with van der Waals surface area (Å²) in [5.41, 5.74) is 3.91. The van der Waals surface area contributed by atoms with Crippen LogP contribution >= 0.6 is 0 Å². The van der Waals surface area contributed by atoms with E-state index in [1.807, 2.05) is 6.07 Å². The van der Waals surface area contributed by atoms with Gasteiger partial charge in [-0.25, -0.2) is 23.3 Å². The van der Waals surface area contributed by atoms with Crippen molar-refractivity contribution in [3.63, 3.8) is 0 Å². The smallest absolute Gasteiger partial charge is 1.00 e. The summed E-state index contributed by atoms with van der Waals surface area (Å²) in [6, 6.07) is 10.5. The van der Waals surface area contributed by atoms with E-state index in [2.05, 4.69) is 95.3 Å². The Balaban J connectivity index is 0. The molecule has 1 aromatic carbocycles. The van der Waals surface area contributed by atoms with Crippen LogP contribution in [0.1, 0.15) is 40.2 Å². The van der Waals surface area contributed by atoms with Crippen molar-refractivity contribution in [1.29, 1.82) is 0 Å². The zero-order chi connectivity index (χ0) is 17.2. The zero-order valence-electron chi connectivity index (χ0n) is 15.6. The molecule has 0 radical (unpaired) electrons. The average Bonchev–Trinajstić information content (AvgIpc) is 3.08. The van der Waals surface area contributed by atoms with Gasteiger partial charge in [0.25, 0.3) is 0 Å². The number of benzene rings is 1. The summed E-state index contributed by atoms with van der Waals surface area (Å²) in [7, 11) is 0. The molecule has 2 unspecified atom stereocenters. The van der Waals surface area contributed by atoms with Crippen molar-refractivity contribution >= 4 is 3.21 Å². The molecule has 0 bridgehead atoms. The molecule has 134 valence electrons. The second kappa shape index (κ2) is 14.7. The molecule has 2 atom stereocenters. The summed E-state index contributed by atoms with van der Waals surface area (Å²) in [6.07, 6.45) is 14.9. The van der Waals surface area contributed by atoms with E-state index in [9.17, 15) is 0 Å². The maximum atomic E-state index is 3.22. The minimum absolute atomic E-state index is 0. The Morgan fingerprint density at radius 1 is 0.840 bits per heavy atom. The largest absolute Gasteiger partial charge is 1.00 e. The van der Waals surface area contributed by atoms with Crippen LogP contribution in [-0.2, 0) is 24.2 Å². The van der Waals surface area contributed by atoms with Crippen molar-refractivity contribution in [3.05, 3.63) is 83.5 Å². The first-order chi connectivity index (χ1) is 10.9. The second-order valence-electron chi connectivity index (χ2n) is 5.94. The molecule has 2 aliphatic carbocycles. The molecule has 0 heterocycles. The fourth-order valence-electron chi connectivity index (χ4n) is 2.18. The summed E-state index contributed by atoms with van der Waals surface area (Å²) in [4.78, 5) is 0. The molecule has 0 amide bonds. The van der Waals surface area contributed by atoms with Gasteiger partial charge in [-0.3, -0.25) is 12.2 Å². The van der Waals surface area contributed by atoms with Gasteiger partial charge in [0.2, 0.25) is 0 Å². The van der Waals surface area contributed by atoms with Crippen LogP contribution in [0.15, 0.2) is 65.8 Å². The normalized spacial score (nSPS) is 19.2. The number of hydrogen-bond donors (Lipinski definition) is 0. The molecule has 25 heavy (non-hydrogen) atoms. The minimum atomic E-state index is 0. The molecule has 0 nitrogen and oxygen atoms in total. The summed E-state index contributed by atoms with van der Waals surface area (Å²) >= 11 is 1.51. The molecule has 3 heteroatoms. The minimum Gasteiger partial charge on any atom is -1.00 e. The van der Waals surface area contributed by atoms with Crippen LogP contribution in [0.4, 0.5) is 0 Å². The van der Waals surface area contributed by atoms with E-state index in [-0.39, 0.29) is 24.8 Å².